The van der Waals surface area contributed by atoms with E-state index in [1.165, 1.54) is 18.5 Å². The molecule has 0 radical (unpaired) electrons. The van der Waals surface area contributed by atoms with E-state index in [9.17, 15) is 4.79 Å². The van der Waals surface area contributed by atoms with Gasteiger partial charge in [-0.3, -0.25) is 15.3 Å². The van der Waals surface area contributed by atoms with Crippen molar-refractivity contribution >= 4 is 23.4 Å². The maximum absolute atomic E-state index is 11.0. The lowest BCUT2D eigenvalue weighted by Gasteiger charge is -2.06. The van der Waals surface area contributed by atoms with Gasteiger partial charge in [-0.05, 0) is 24.1 Å². The second-order valence-electron chi connectivity index (χ2n) is 4.58. The van der Waals surface area contributed by atoms with Gasteiger partial charge in [-0.15, -0.1) is 0 Å². The lowest BCUT2D eigenvalue weighted by atomic mass is 10.1. The molecule has 0 fully saturated rings. The molecule has 1 heterocycles. The van der Waals surface area contributed by atoms with Gasteiger partial charge in [-0.25, -0.2) is 4.79 Å². The summed E-state index contributed by atoms with van der Waals surface area (Å²) < 4.78 is 0. The first-order chi connectivity index (χ1) is 11.1. The number of aliphatic imine (C=N–C) groups is 1. The van der Waals surface area contributed by atoms with Crippen molar-refractivity contribution in [3.8, 4) is 6.19 Å². The SMILES string of the molecule is N#CNC(=NCCc1ccccc1Cl)c1cncc(C(=O)O)c1. The van der Waals surface area contributed by atoms with Gasteiger partial charge in [-0.2, -0.15) is 5.26 Å². The van der Waals surface area contributed by atoms with Crippen LogP contribution in [-0.4, -0.2) is 28.4 Å². The number of hydrogen-bond acceptors (Lipinski definition) is 4. The van der Waals surface area contributed by atoms with Crippen molar-refractivity contribution in [2.24, 2.45) is 4.99 Å². The fourth-order valence-electron chi connectivity index (χ4n) is 1.93. The van der Waals surface area contributed by atoms with Crippen LogP contribution < -0.4 is 5.32 Å². The molecule has 0 saturated heterocycles. The molecular formula is C16H13ClN4O2. The third-order valence-corrected chi connectivity index (χ3v) is 3.41. The molecule has 0 unspecified atom stereocenters. The van der Waals surface area contributed by atoms with Crippen molar-refractivity contribution in [2.75, 3.05) is 6.54 Å². The van der Waals surface area contributed by atoms with Crippen LogP contribution in [0.3, 0.4) is 0 Å². The number of pyridine rings is 1. The number of amidine groups is 1. The molecule has 2 aromatic rings. The normalized spacial score (nSPS) is 10.9. The smallest absolute Gasteiger partial charge is 0.337 e. The molecule has 7 heteroatoms. The highest BCUT2D eigenvalue weighted by Gasteiger charge is 2.09. The number of carboxylic acids is 1. The zero-order chi connectivity index (χ0) is 16.7. The molecule has 0 bridgehead atoms. The number of aromatic carboxylic acids is 1. The van der Waals surface area contributed by atoms with Crippen LogP contribution in [0, 0.1) is 11.5 Å². The number of rotatable bonds is 5. The number of nitriles is 1. The van der Waals surface area contributed by atoms with Crippen molar-refractivity contribution in [3.63, 3.8) is 0 Å². The Morgan fingerprint density at radius 3 is 2.78 bits per heavy atom. The molecule has 1 aromatic heterocycles. The van der Waals surface area contributed by atoms with Gasteiger partial charge >= 0.3 is 5.97 Å². The van der Waals surface area contributed by atoms with Gasteiger partial charge in [0.15, 0.2) is 6.19 Å². The Hall–Kier alpha value is -2.91. The summed E-state index contributed by atoms with van der Waals surface area (Å²) in [6, 6.07) is 8.85. The predicted molar refractivity (Wildman–Crippen MR) is 86.5 cm³/mol. The van der Waals surface area contributed by atoms with Crippen molar-refractivity contribution in [1.82, 2.24) is 10.3 Å². The number of benzene rings is 1. The van der Waals surface area contributed by atoms with Crippen molar-refractivity contribution in [2.45, 2.75) is 6.42 Å². The summed E-state index contributed by atoms with van der Waals surface area (Å²) in [4.78, 5) is 19.2. The Labute approximate surface area is 138 Å². The Balaban J connectivity index is 2.18. The average molecular weight is 329 g/mol. The molecule has 2 N–H and O–H groups in total. The Kier molecular flexibility index (Phi) is 5.67. The van der Waals surface area contributed by atoms with E-state index >= 15 is 0 Å². The lowest BCUT2D eigenvalue weighted by molar-refractivity contribution is 0.0696. The molecule has 0 aliphatic carbocycles. The summed E-state index contributed by atoms with van der Waals surface area (Å²) in [5, 5.41) is 20.9. The highest BCUT2D eigenvalue weighted by molar-refractivity contribution is 6.31. The minimum Gasteiger partial charge on any atom is -0.478 e. The summed E-state index contributed by atoms with van der Waals surface area (Å²) in [7, 11) is 0. The number of carbonyl (C=O) groups is 1. The molecule has 0 spiro atoms. The number of nitrogens with zero attached hydrogens (tertiary/aromatic N) is 3. The van der Waals surface area contributed by atoms with E-state index in [1.54, 1.807) is 12.3 Å². The van der Waals surface area contributed by atoms with E-state index in [4.69, 9.17) is 22.0 Å². The summed E-state index contributed by atoms with van der Waals surface area (Å²) in [6.45, 7) is 0.394. The van der Waals surface area contributed by atoms with Crippen LogP contribution in [0.15, 0.2) is 47.7 Å². The third-order valence-electron chi connectivity index (χ3n) is 3.04. The minimum absolute atomic E-state index is 0.0287. The molecule has 23 heavy (non-hydrogen) atoms. The fourth-order valence-corrected chi connectivity index (χ4v) is 2.16. The first-order valence-electron chi connectivity index (χ1n) is 6.73. The van der Waals surface area contributed by atoms with E-state index in [-0.39, 0.29) is 11.4 Å². The van der Waals surface area contributed by atoms with Crippen LogP contribution in [0.2, 0.25) is 5.02 Å². The van der Waals surface area contributed by atoms with Crippen LogP contribution in [0.4, 0.5) is 0 Å². The van der Waals surface area contributed by atoms with Crippen LogP contribution in [0.25, 0.3) is 0 Å². The second-order valence-corrected chi connectivity index (χ2v) is 4.98. The number of halogens is 1. The van der Waals surface area contributed by atoms with Gasteiger partial charge in [0.1, 0.15) is 5.84 Å². The molecule has 1 aromatic carbocycles. The van der Waals surface area contributed by atoms with Crippen LogP contribution in [-0.2, 0) is 6.42 Å². The highest BCUT2D eigenvalue weighted by atomic mass is 35.5. The van der Waals surface area contributed by atoms with Gasteiger partial charge in [-0.1, -0.05) is 29.8 Å². The third kappa shape index (κ3) is 4.53. The van der Waals surface area contributed by atoms with E-state index in [1.807, 2.05) is 18.2 Å². The number of nitrogens with one attached hydrogen (secondary N) is 1. The number of carboxylic acid groups (broad SMARTS) is 1. The molecule has 6 nitrogen and oxygen atoms in total. The minimum atomic E-state index is -1.09. The summed E-state index contributed by atoms with van der Waals surface area (Å²) in [5.74, 6) is -0.818. The summed E-state index contributed by atoms with van der Waals surface area (Å²) >= 11 is 6.08. The zero-order valence-corrected chi connectivity index (χ0v) is 12.8. The topological polar surface area (TPSA) is 98.4 Å². The van der Waals surface area contributed by atoms with Crippen LogP contribution in [0.5, 0.6) is 0 Å². The summed E-state index contributed by atoms with van der Waals surface area (Å²) in [5.41, 5.74) is 1.42. The first-order valence-corrected chi connectivity index (χ1v) is 7.11. The molecule has 2 rings (SSSR count). The quantitative estimate of drug-likeness (QED) is 0.380. The maximum atomic E-state index is 11.0. The molecular weight excluding hydrogens is 316 g/mol. The standard InChI is InChI=1S/C16H13ClN4O2/c17-14-4-2-1-3-11(14)5-6-20-15(21-10-18)12-7-13(16(22)23)9-19-8-12/h1-4,7-9H,5-6H2,(H,20,21)(H,22,23). The molecule has 116 valence electrons. The monoisotopic (exact) mass is 328 g/mol. The van der Waals surface area contributed by atoms with Crippen molar-refractivity contribution in [1.29, 1.82) is 5.26 Å². The van der Waals surface area contributed by atoms with E-state index in [0.29, 0.717) is 23.6 Å². The van der Waals surface area contributed by atoms with Crippen LogP contribution >= 0.6 is 11.6 Å². The van der Waals surface area contributed by atoms with Gasteiger partial charge in [0.05, 0.1) is 5.56 Å². The predicted octanol–water partition coefficient (Wildman–Crippen LogP) is 2.49. The second kappa shape index (κ2) is 7.92. The molecule has 0 saturated carbocycles. The molecule has 0 atom stereocenters. The zero-order valence-electron chi connectivity index (χ0n) is 12.0. The average Bonchev–Trinajstić information content (AvgIpc) is 2.56. The Morgan fingerprint density at radius 2 is 2.09 bits per heavy atom. The molecule has 0 amide bonds. The number of aromatic nitrogens is 1. The van der Waals surface area contributed by atoms with E-state index in [2.05, 4.69) is 15.3 Å². The molecule has 0 aliphatic rings. The van der Waals surface area contributed by atoms with E-state index in [0.717, 1.165) is 5.56 Å². The van der Waals surface area contributed by atoms with Crippen molar-refractivity contribution < 1.29 is 9.90 Å². The maximum Gasteiger partial charge on any atom is 0.337 e. The Bertz CT molecular complexity index is 784. The summed E-state index contributed by atoms with van der Waals surface area (Å²) in [6.07, 6.45) is 5.08. The van der Waals surface area contributed by atoms with Gasteiger partial charge in [0.2, 0.25) is 0 Å². The Morgan fingerprint density at radius 1 is 1.35 bits per heavy atom. The van der Waals surface area contributed by atoms with Crippen molar-refractivity contribution in [3.05, 3.63) is 64.4 Å². The van der Waals surface area contributed by atoms with Gasteiger partial charge in [0, 0.05) is 29.5 Å². The van der Waals surface area contributed by atoms with Gasteiger partial charge < -0.3 is 5.11 Å². The first kappa shape index (κ1) is 16.5. The fraction of sp³-hybridized carbons (Fsp3) is 0.125. The van der Waals surface area contributed by atoms with E-state index < -0.39 is 5.97 Å². The molecule has 0 aliphatic heterocycles. The van der Waals surface area contributed by atoms with Crippen LogP contribution in [0.1, 0.15) is 21.5 Å². The number of hydrogen-bond donors (Lipinski definition) is 2. The lowest BCUT2D eigenvalue weighted by Crippen LogP contribution is -2.20. The largest absolute Gasteiger partial charge is 0.478 e. The van der Waals surface area contributed by atoms with Gasteiger partial charge in [0.25, 0.3) is 0 Å². The highest BCUT2D eigenvalue weighted by Crippen LogP contribution is 2.15.